The van der Waals surface area contributed by atoms with Crippen molar-refractivity contribution in [3.8, 4) is 0 Å². The van der Waals surface area contributed by atoms with Gasteiger partial charge in [0.15, 0.2) is 0 Å². The number of thioether (sulfide) groups is 1. The van der Waals surface area contributed by atoms with Crippen LogP contribution in [0.1, 0.15) is 31.2 Å². The third-order valence-electron chi connectivity index (χ3n) is 3.21. The van der Waals surface area contributed by atoms with Crippen molar-refractivity contribution in [2.45, 2.75) is 30.6 Å². The fourth-order valence-electron chi connectivity index (χ4n) is 2.17. The van der Waals surface area contributed by atoms with Gasteiger partial charge in [-0.1, -0.05) is 47.5 Å². The normalized spacial score (nSPS) is 21.3. The van der Waals surface area contributed by atoms with Crippen LogP contribution in [-0.2, 0) is 0 Å². The van der Waals surface area contributed by atoms with Crippen molar-refractivity contribution >= 4 is 27.7 Å². The van der Waals surface area contributed by atoms with Crippen molar-refractivity contribution in [3.05, 3.63) is 29.8 Å². The van der Waals surface area contributed by atoms with Crippen molar-refractivity contribution in [1.82, 2.24) is 0 Å². The van der Waals surface area contributed by atoms with Gasteiger partial charge in [0.05, 0.1) is 0 Å². The molecule has 15 heavy (non-hydrogen) atoms. The summed E-state index contributed by atoms with van der Waals surface area (Å²) in [7, 11) is 0. The van der Waals surface area contributed by atoms with Gasteiger partial charge in [-0.25, -0.2) is 0 Å². The van der Waals surface area contributed by atoms with Gasteiger partial charge in [0, 0.05) is 16.0 Å². The Morgan fingerprint density at radius 1 is 1.47 bits per heavy atom. The highest BCUT2D eigenvalue weighted by Gasteiger charge is 2.24. The van der Waals surface area contributed by atoms with Crippen LogP contribution >= 0.6 is 27.7 Å². The maximum atomic E-state index is 3.62. The highest BCUT2D eigenvalue weighted by molar-refractivity contribution is 9.09. The molecule has 0 amide bonds. The lowest BCUT2D eigenvalue weighted by molar-refractivity contribution is 0.485. The van der Waals surface area contributed by atoms with E-state index in [2.05, 4.69) is 47.1 Å². The Bertz CT molecular complexity index is 320. The summed E-state index contributed by atoms with van der Waals surface area (Å²) < 4.78 is 0. The van der Waals surface area contributed by atoms with E-state index in [1.54, 1.807) is 5.56 Å². The summed E-state index contributed by atoms with van der Waals surface area (Å²) in [4.78, 5) is 1.51. The van der Waals surface area contributed by atoms with Gasteiger partial charge < -0.3 is 0 Å². The van der Waals surface area contributed by atoms with E-state index >= 15 is 0 Å². The van der Waals surface area contributed by atoms with Gasteiger partial charge in [-0.15, -0.1) is 11.8 Å². The molecule has 1 aromatic carbocycles. The molecular weight excluding hydrogens is 268 g/mol. The number of alkyl halides is 1. The Morgan fingerprint density at radius 2 is 2.27 bits per heavy atom. The standard InChI is InChI=1S/C13H17BrS/c1-2-10(8-14)7-11-9-15-13-6-4-3-5-12(11)13/h3-6,10-11H,2,7-9H2,1H3. The molecule has 1 aromatic rings. The molecule has 1 aliphatic rings. The number of benzene rings is 1. The van der Waals surface area contributed by atoms with Crippen LogP contribution in [-0.4, -0.2) is 11.1 Å². The third-order valence-corrected chi connectivity index (χ3v) is 5.38. The topological polar surface area (TPSA) is 0 Å². The molecule has 1 aliphatic heterocycles. The molecule has 82 valence electrons. The summed E-state index contributed by atoms with van der Waals surface area (Å²) in [5.74, 6) is 2.90. The molecule has 2 atom stereocenters. The fourth-order valence-corrected chi connectivity index (χ4v) is 4.16. The average molecular weight is 285 g/mol. The number of fused-ring (bicyclic) bond motifs is 1. The molecule has 0 nitrogen and oxygen atoms in total. The van der Waals surface area contributed by atoms with Gasteiger partial charge in [0.1, 0.15) is 0 Å². The van der Waals surface area contributed by atoms with Gasteiger partial charge in [-0.2, -0.15) is 0 Å². The van der Waals surface area contributed by atoms with E-state index in [-0.39, 0.29) is 0 Å². The van der Waals surface area contributed by atoms with E-state index in [0.717, 1.165) is 17.2 Å². The Kier molecular flexibility index (Phi) is 4.15. The second-order valence-corrected chi connectivity index (χ2v) is 5.92. The summed E-state index contributed by atoms with van der Waals surface area (Å²) in [6, 6.07) is 8.89. The second kappa shape index (κ2) is 5.40. The second-order valence-electron chi connectivity index (χ2n) is 4.21. The lowest BCUT2D eigenvalue weighted by Gasteiger charge is -2.17. The molecule has 0 radical (unpaired) electrons. The molecule has 0 N–H and O–H groups in total. The highest BCUT2D eigenvalue weighted by atomic mass is 79.9. The zero-order chi connectivity index (χ0) is 10.7. The van der Waals surface area contributed by atoms with E-state index in [1.807, 2.05) is 11.8 Å². The van der Waals surface area contributed by atoms with Crippen LogP contribution in [0.15, 0.2) is 29.2 Å². The molecule has 0 bridgehead atoms. The first-order valence-electron chi connectivity index (χ1n) is 5.62. The monoisotopic (exact) mass is 284 g/mol. The van der Waals surface area contributed by atoms with Crippen molar-refractivity contribution in [2.24, 2.45) is 5.92 Å². The smallest absolute Gasteiger partial charge is 0.0107 e. The van der Waals surface area contributed by atoms with Crippen LogP contribution < -0.4 is 0 Å². The van der Waals surface area contributed by atoms with Crippen LogP contribution in [0.25, 0.3) is 0 Å². The van der Waals surface area contributed by atoms with Crippen molar-refractivity contribution in [3.63, 3.8) is 0 Å². The summed E-state index contributed by atoms with van der Waals surface area (Å²) in [6.45, 7) is 2.29. The zero-order valence-electron chi connectivity index (χ0n) is 9.08. The summed E-state index contributed by atoms with van der Waals surface area (Å²) >= 11 is 5.64. The minimum Gasteiger partial charge on any atom is -0.125 e. The summed E-state index contributed by atoms with van der Waals surface area (Å²) in [5.41, 5.74) is 1.59. The van der Waals surface area contributed by atoms with Crippen LogP contribution in [0.2, 0.25) is 0 Å². The quantitative estimate of drug-likeness (QED) is 0.723. The number of halogens is 1. The molecule has 0 aromatic heterocycles. The Balaban J connectivity index is 2.07. The molecule has 0 aliphatic carbocycles. The first kappa shape index (κ1) is 11.5. The highest BCUT2D eigenvalue weighted by Crippen LogP contribution is 2.42. The van der Waals surface area contributed by atoms with Crippen molar-refractivity contribution in [2.75, 3.05) is 11.1 Å². The molecule has 0 saturated carbocycles. The first-order valence-corrected chi connectivity index (χ1v) is 7.73. The lowest BCUT2D eigenvalue weighted by Crippen LogP contribution is -2.07. The number of hydrogen-bond acceptors (Lipinski definition) is 1. The minimum absolute atomic E-state index is 0.786. The summed E-state index contributed by atoms with van der Waals surface area (Å²) in [6.07, 6.45) is 2.63. The Labute approximate surface area is 105 Å². The van der Waals surface area contributed by atoms with Gasteiger partial charge >= 0.3 is 0 Å². The van der Waals surface area contributed by atoms with Gasteiger partial charge in [0.2, 0.25) is 0 Å². The Hall–Kier alpha value is 0.0500. The third kappa shape index (κ3) is 2.59. The van der Waals surface area contributed by atoms with Crippen LogP contribution in [0.5, 0.6) is 0 Å². The first-order chi connectivity index (χ1) is 7.35. The number of hydrogen-bond donors (Lipinski definition) is 0. The molecule has 0 saturated heterocycles. The zero-order valence-corrected chi connectivity index (χ0v) is 11.5. The van der Waals surface area contributed by atoms with E-state index in [1.165, 1.54) is 23.5 Å². The van der Waals surface area contributed by atoms with Gasteiger partial charge in [-0.05, 0) is 29.9 Å². The molecule has 2 rings (SSSR count). The predicted molar refractivity (Wildman–Crippen MR) is 72.1 cm³/mol. The minimum atomic E-state index is 0.786. The molecule has 2 unspecified atom stereocenters. The van der Waals surface area contributed by atoms with Crippen LogP contribution in [0.4, 0.5) is 0 Å². The van der Waals surface area contributed by atoms with E-state index in [0.29, 0.717) is 0 Å². The maximum absolute atomic E-state index is 3.62. The lowest BCUT2D eigenvalue weighted by atomic mass is 9.90. The number of rotatable bonds is 4. The Morgan fingerprint density at radius 3 is 3.00 bits per heavy atom. The van der Waals surface area contributed by atoms with Crippen molar-refractivity contribution in [1.29, 1.82) is 0 Å². The van der Waals surface area contributed by atoms with Crippen LogP contribution in [0.3, 0.4) is 0 Å². The fraction of sp³-hybridized carbons (Fsp3) is 0.538. The van der Waals surface area contributed by atoms with Crippen molar-refractivity contribution < 1.29 is 0 Å². The molecule has 1 heterocycles. The summed E-state index contributed by atoms with van der Waals surface area (Å²) in [5, 5.41) is 1.15. The van der Waals surface area contributed by atoms with E-state index < -0.39 is 0 Å². The molecule has 0 fully saturated rings. The SMILES string of the molecule is CCC(CBr)CC1CSc2ccccc21. The van der Waals surface area contributed by atoms with Crippen LogP contribution in [0, 0.1) is 5.92 Å². The average Bonchev–Trinajstić information content (AvgIpc) is 2.69. The van der Waals surface area contributed by atoms with E-state index in [9.17, 15) is 0 Å². The molecular formula is C13H17BrS. The molecule has 2 heteroatoms. The predicted octanol–water partition coefficient (Wildman–Crippen LogP) is 4.69. The van der Waals surface area contributed by atoms with Gasteiger partial charge in [0.25, 0.3) is 0 Å². The maximum Gasteiger partial charge on any atom is 0.0107 e. The largest absolute Gasteiger partial charge is 0.125 e. The molecule has 0 spiro atoms. The van der Waals surface area contributed by atoms with Gasteiger partial charge in [-0.3, -0.25) is 0 Å². The van der Waals surface area contributed by atoms with E-state index in [4.69, 9.17) is 0 Å².